The molecule has 1 heterocycles. The van der Waals surface area contributed by atoms with Gasteiger partial charge in [0.05, 0.1) is 17.6 Å². The summed E-state index contributed by atoms with van der Waals surface area (Å²) in [7, 11) is 2.99. The molecule has 0 bridgehead atoms. The molecule has 12 nitrogen and oxygen atoms in total. The van der Waals surface area contributed by atoms with Crippen LogP contribution in [-0.4, -0.2) is 91.9 Å². The molecule has 2 fully saturated rings. The van der Waals surface area contributed by atoms with Gasteiger partial charge in [-0.25, -0.2) is 4.39 Å². The number of primary amides is 2. The maximum absolute atomic E-state index is 15.9. The molecule has 0 unspecified atom stereocenters. The number of carbonyl (C=O) groups is 4. The van der Waals surface area contributed by atoms with Crippen LogP contribution in [0, 0.1) is 17.7 Å². The van der Waals surface area contributed by atoms with Crippen molar-refractivity contribution in [2.75, 3.05) is 20.6 Å². The Morgan fingerprint density at radius 3 is 2.48 bits per heavy atom. The van der Waals surface area contributed by atoms with Gasteiger partial charge in [0.2, 0.25) is 11.7 Å². The number of likely N-dealkylation sites (N-methyl/N-ethyl adjacent to an activating group) is 1. The second-order valence-corrected chi connectivity index (χ2v) is 11.2. The van der Waals surface area contributed by atoms with E-state index in [9.17, 15) is 39.6 Å². The fourth-order valence-corrected chi connectivity index (χ4v) is 7.02. The fourth-order valence-electron chi connectivity index (χ4n) is 7.02. The highest BCUT2D eigenvalue weighted by atomic mass is 19.1. The number of hydrogen-bond acceptors (Lipinski definition) is 10. The van der Waals surface area contributed by atoms with Gasteiger partial charge < -0.3 is 31.9 Å². The van der Waals surface area contributed by atoms with E-state index in [2.05, 4.69) is 0 Å². The van der Waals surface area contributed by atoms with Crippen LogP contribution in [0.4, 0.5) is 4.39 Å². The predicted molar refractivity (Wildman–Crippen MR) is 137 cm³/mol. The Balaban J connectivity index is 1.63. The van der Waals surface area contributed by atoms with E-state index in [0.717, 1.165) is 6.07 Å². The first kappa shape index (κ1) is 27.7. The molecule has 1 aliphatic heterocycles. The van der Waals surface area contributed by atoms with Crippen molar-refractivity contribution in [1.82, 2.24) is 9.80 Å². The van der Waals surface area contributed by atoms with Crippen molar-refractivity contribution in [1.29, 1.82) is 0 Å². The number of aliphatic hydroxyl groups excluding tert-OH is 2. The number of aromatic hydroxyl groups is 1. The topological polar surface area (TPSA) is 208 Å². The Kier molecular flexibility index (Phi) is 6.51. The van der Waals surface area contributed by atoms with Gasteiger partial charge >= 0.3 is 0 Å². The number of carbonyl (C=O) groups excluding carboxylic acids is 4. The van der Waals surface area contributed by atoms with E-state index in [-0.39, 0.29) is 41.6 Å². The Bertz CT molecular complexity index is 1440. The van der Waals surface area contributed by atoms with Gasteiger partial charge in [0.15, 0.2) is 11.4 Å². The van der Waals surface area contributed by atoms with Gasteiger partial charge in [0, 0.05) is 29.2 Å². The summed E-state index contributed by atoms with van der Waals surface area (Å²) in [6, 6.07) is -0.706. The summed E-state index contributed by atoms with van der Waals surface area (Å²) in [5.41, 5.74) is 6.44. The lowest BCUT2D eigenvalue weighted by Gasteiger charge is -2.50. The van der Waals surface area contributed by atoms with E-state index in [0.29, 0.717) is 19.4 Å². The highest BCUT2D eigenvalue weighted by Gasteiger charge is 2.64. The van der Waals surface area contributed by atoms with Crippen molar-refractivity contribution in [2.45, 2.75) is 49.9 Å². The molecule has 5 rings (SSSR count). The van der Waals surface area contributed by atoms with Gasteiger partial charge in [-0.2, -0.15) is 0 Å². The molecule has 0 radical (unpaired) electrons. The maximum Gasteiger partial charge on any atom is 0.255 e. The highest BCUT2D eigenvalue weighted by Crippen LogP contribution is 2.53. The third kappa shape index (κ3) is 3.75. The van der Waals surface area contributed by atoms with Crippen LogP contribution in [0.5, 0.6) is 5.75 Å². The van der Waals surface area contributed by atoms with Gasteiger partial charge in [0.1, 0.15) is 28.7 Å². The number of likely N-dealkylation sites (tertiary alicyclic amines) is 1. The zero-order valence-corrected chi connectivity index (χ0v) is 22.0. The average molecular weight is 559 g/mol. The van der Waals surface area contributed by atoms with Crippen molar-refractivity contribution in [3.63, 3.8) is 0 Å². The van der Waals surface area contributed by atoms with E-state index >= 15 is 4.39 Å². The molecule has 3 aliphatic carbocycles. The number of nitrogens with zero attached hydrogens (tertiary/aromatic N) is 2. The lowest BCUT2D eigenvalue weighted by Crippen LogP contribution is -2.65. The SMILES string of the molecule is CN(C)[C@@H]1C(=O)C(C(N)=O)=C(O)[C@@]2(O)C(=O)C3=C(O)c4c(O)cc(CN5CCC[C@@H]5C(N)=O)c(F)c4C[C@H]3C[C@@H]12. The molecule has 1 saturated heterocycles. The van der Waals surface area contributed by atoms with E-state index in [1.165, 1.54) is 19.0 Å². The second-order valence-electron chi connectivity index (χ2n) is 11.2. The van der Waals surface area contributed by atoms with Crippen LogP contribution >= 0.6 is 0 Å². The van der Waals surface area contributed by atoms with Crippen molar-refractivity contribution in [3.8, 4) is 5.75 Å². The van der Waals surface area contributed by atoms with Crippen molar-refractivity contribution in [3.05, 3.63) is 45.5 Å². The number of fused-ring (bicyclic) bond motifs is 3. The normalized spacial score (nSPS) is 30.4. The number of ketones is 2. The second kappa shape index (κ2) is 9.39. The standard InChI is InChI=1S/C27H31FN4O8/c1-31(2)20-13-7-10-6-12-17(15(33)8-11(19(12)28)9-32-5-3-4-14(32)25(29)38)21(34)16(10)23(36)27(13,40)24(37)18(22(20)35)26(30)39/h8,10,13-14,20,33-34,37,40H,3-7,9H2,1-2H3,(H2,29,38)(H2,30,39)/t10-,13-,14+,20-,27-/m0/s1. The van der Waals surface area contributed by atoms with Crippen LogP contribution in [0.25, 0.3) is 5.76 Å². The molecule has 13 heteroatoms. The first-order valence-electron chi connectivity index (χ1n) is 12.9. The third-order valence-electron chi connectivity index (χ3n) is 8.79. The molecule has 0 spiro atoms. The average Bonchev–Trinajstić information content (AvgIpc) is 3.32. The van der Waals surface area contributed by atoms with Gasteiger partial charge in [0.25, 0.3) is 5.91 Å². The number of benzene rings is 1. The summed E-state index contributed by atoms with van der Waals surface area (Å²) in [5, 5.41) is 44.5. The molecule has 8 N–H and O–H groups in total. The van der Waals surface area contributed by atoms with E-state index < -0.39 is 81.6 Å². The van der Waals surface area contributed by atoms with Crippen molar-refractivity contribution >= 4 is 29.1 Å². The van der Waals surface area contributed by atoms with Crippen LogP contribution < -0.4 is 11.5 Å². The Morgan fingerprint density at radius 1 is 1.20 bits per heavy atom. The van der Waals surface area contributed by atoms with Gasteiger partial charge in [-0.15, -0.1) is 0 Å². The predicted octanol–water partition coefficient (Wildman–Crippen LogP) is -0.447. The molecule has 40 heavy (non-hydrogen) atoms. The third-order valence-corrected chi connectivity index (χ3v) is 8.79. The van der Waals surface area contributed by atoms with Gasteiger partial charge in [-0.3, -0.25) is 29.0 Å². The summed E-state index contributed by atoms with van der Waals surface area (Å²) < 4.78 is 15.9. The smallest absolute Gasteiger partial charge is 0.255 e. The Morgan fingerprint density at radius 2 is 1.88 bits per heavy atom. The fraction of sp³-hybridized carbons (Fsp3) is 0.481. The number of rotatable bonds is 5. The zero-order valence-electron chi connectivity index (χ0n) is 22.0. The quantitative estimate of drug-likeness (QED) is 0.257. The van der Waals surface area contributed by atoms with Gasteiger partial charge in [-0.1, -0.05) is 0 Å². The Labute approximate surface area is 228 Å². The van der Waals surface area contributed by atoms with Crippen LogP contribution in [-0.2, 0) is 32.1 Å². The summed E-state index contributed by atoms with van der Waals surface area (Å²) in [6.45, 7) is 0.483. The maximum atomic E-state index is 15.9. The molecular formula is C27H31FN4O8. The van der Waals surface area contributed by atoms with Crippen molar-refractivity contribution in [2.24, 2.45) is 23.3 Å². The first-order valence-corrected chi connectivity index (χ1v) is 12.9. The molecule has 1 aromatic carbocycles. The number of amides is 2. The number of aliphatic hydroxyl groups is 3. The highest BCUT2D eigenvalue weighted by molar-refractivity contribution is 6.24. The monoisotopic (exact) mass is 558 g/mol. The minimum absolute atomic E-state index is 0.0185. The molecule has 214 valence electrons. The number of hydrogen-bond donors (Lipinski definition) is 6. The molecule has 2 amide bonds. The van der Waals surface area contributed by atoms with Crippen LogP contribution in [0.3, 0.4) is 0 Å². The lowest BCUT2D eigenvalue weighted by molar-refractivity contribution is -0.153. The molecular weight excluding hydrogens is 527 g/mol. The molecule has 5 atom stereocenters. The lowest BCUT2D eigenvalue weighted by atomic mass is 9.57. The van der Waals surface area contributed by atoms with Gasteiger partial charge in [-0.05, 0) is 58.3 Å². The number of phenolic OH excluding ortho intramolecular Hbond substituents is 1. The van der Waals surface area contributed by atoms with Crippen molar-refractivity contribution < 1.29 is 44.0 Å². The van der Waals surface area contributed by atoms with E-state index in [1.807, 2.05) is 0 Å². The number of nitrogens with two attached hydrogens (primary N) is 2. The summed E-state index contributed by atoms with van der Waals surface area (Å²) in [5.74, 6) is -9.26. The zero-order chi connectivity index (χ0) is 29.4. The number of halogens is 1. The summed E-state index contributed by atoms with van der Waals surface area (Å²) >= 11 is 0. The summed E-state index contributed by atoms with van der Waals surface area (Å²) in [4.78, 5) is 53.9. The van der Waals surface area contributed by atoms with E-state index in [4.69, 9.17) is 11.5 Å². The minimum Gasteiger partial charge on any atom is -0.508 e. The van der Waals surface area contributed by atoms with Crippen LogP contribution in [0.15, 0.2) is 23.0 Å². The largest absolute Gasteiger partial charge is 0.508 e. The molecule has 1 saturated carbocycles. The summed E-state index contributed by atoms with van der Waals surface area (Å²) in [6.07, 6.45) is 0.908. The van der Waals surface area contributed by atoms with E-state index in [1.54, 1.807) is 4.90 Å². The minimum atomic E-state index is -2.77. The molecule has 0 aromatic heterocycles. The molecule has 4 aliphatic rings. The first-order chi connectivity index (χ1) is 18.7. The van der Waals surface area contributed by atoms with Crippen LogP contribution in [0.1, 0.15) is 36.0 Å². The number of phenols is 1. The number of Topliss-reactive ketones (excluding diaryl/α,β-unsaturated/α-hetero) is 2. The van der Waals surface area contributed by atoms with Crippen LogP contribution in [0.2, 0.25) is 0 Å². The Hall–Kier alpha value is -3.81. The molecule has 1 aromatic rings.